The van der Waals surface area contributed by atoms with Crippen LogP contribution in [0, 0.1) is 11.8 Å². The number of hydrogen-bond donors (Lipinski definition) is 2. The van der Waals surface area contributed by atoms with Gasteiger partial charge in [0, 0.05) is 6.54 Å². The van der Waals surface area contributed by atoms with Crippen molar-refractivity contribution in [2.24, 2.45) is 11.8 Å². The number of carbonyl (C=O) groups is 1. The molecule has 0 saturated heterocycles. The molecule has 1 unspecified atom stereocenters. The first-order valence-corrected chi connectivity index (χ1v) is 6.19. The van der Waals surface area contributed by atoms with Crippen LogP contribution >= 0.6 is 0 Å². The molecule has 0 spiro atoms. The van der Waals surface area contributed by atoms with E-state index in [-0.39, 0.29) is 0 Å². The summed E-state index contributed by atoms with van der Waals surface area (Å²) < 4.78 is 4.74. The number of nitrogens with zero attached hydrogens (tertiary/aromatic N) is 1. The van der Waals surface area contributed by atoms with Crippen molar-refractivity contribution < 1.29 is 9.53 Å². The number of esters is 1. The first kappa shape index (κ1) is 12.7. The van der Waals surface area contributed by atoms with E-state index < -0.39 is 5.97 Å². The lowest BCUT2D eigenvalue weighted by molar-refractivity contribution is 0.0601. The van der Waals surface area contributed by atoms with E-state index in [2.05, 4.69) is 17.2 Å². The fraction of sp³-hybridized carbons (Fsp3) is 0.538. The molecular weight excluding hydrogens is 230 g/mol. The second kappa shape index (κ2) is 5.25. The van der Waals surface area contributed by atoms with E-state index in [9.17, 15) is 4.79 Å². The molecule has 1 saturated carbocycles. The number of methoxy groups -OCH3 is 1. The number of rotatable bonds is 5. The van der Waals surface area contributed by atoms with Gasteiger partial charge in [-0.15, -0.1) is 0 Å². The van der Waals surface area contributed by atoms with Crippen molar-refractivity contribution in [2.45, 2.75) is 19.8 Å². The van der Waals surface area contributed by atoms with Crippen LogP contribution in [0.1, 0.15) is 30.1 Å². The summed E-state index contributed by atoms with van der Waals surface area (Å²) in [5, 5.41) is 3.26. The minimum Gasteiger partial charge on any atom is -0.465 e. The molecule has 0 aromatic carbocycles. The highest BCUT2D eigenvalue weighted by Crippen LogP contribution is 2.36. The molecule has 1 fully saturated rings. The predicted octanol–water partition coefficient (Wildman–Crippen LogP) is 1.91. The van der Waals surface area contributed by atoms with E-state index in [4.69, 9.17) is 10.5 Å². The summed E-state index contributed by atoms with van der Waals surface area (Å²) in [6.45, 7) is 3.05. The summed E-state index contributed by atoms with van der Waals surface area (Å²) in [7, 11) is 1.36. The van der Waals surface area contributed by atoms with Gasteiger partial charge in [-0.25, -0.2) is 9.78 Å². The lowest BCUT2D eigenvalue weighted by atomic mass is 10.1. The van der Waals surface area contributed by atoms with E-state index in [0.717, 1.165) is 12.5 Å². The number of pyridine rings is 1. The summed E-state index contributed by atoms with van der Waals surface area (Å²) in [6.07, 6.45) is 4.21. The largest absolute Gasteiger partial charge is 0.465 e. The number of aromatic nitrogens is 1. The third kappa shape index (κ3) is 2.91. The Labute approximate surface area is 107 Å². The van der Waals surface area contributed by atoms with E-state index >= 15 is 0 Å². The molecule has 0 amide bonds. The van der Waals surface area contributed by atoms with Gasteiger partial charge in [-0.05, 0) is 30.7 Å². The molecule has 0 aliphatic heterocycles. The van der Waals surface area contributed by atoms with Crippen molar-refractivity contribution >= 4 is 17.5 Å². The third-order valence-corrected chi connectivity index (χ3v) is 3.37. The molecule has 0 radical (unpaired) electrons. The van der Waals surface area contributed by atoms with Crippen LogP contribution in [0.5, 0.6) is 0 Å². The molecule has 1 aliphatic rings. The van der Waals surface area contributed by atoms with Gasteiger partial charge in [-0.1, -0.05) is 6.92 Å². The molecule has 1 aromatic rings. The molecule has 1 heterocycles. The number of nitrogens with one attached hydrogen (secondary N) is 1. The van der Waals surface area contributed by atoms with Gasteiger partial charge < -0.3 is 15.8 Å². The molecular formula is C13H19N3O2. The third-order valence-electron chi connectivity index (χ3n) is 3.37. The van der Waals surface area contributed by atoms with E-state index in [1.807, 2.05) is 0 Å². The van der Waals surface area contributed by atoms with Crippen LogP contribution < -0.4 is 11.1 Å². The van der Waals surface area contributed by atoms with Crippen LogP contribution in [0.2, 0.25) is 0 Å². The average Bonchev–Trinajstić information content (AvgIpc) is 3.20. The lowest BCUT2D eigenvalue weighted by Gasteiger charge is -2.14. The van der Waals surface area contributed by atoms with Crippen molar-refractivity contribution in [1.82, 2.24) is 4.98 Å². The smallest absolute Gasteiger partial charge is 0.340 e. The second-order valence-corrected chi connectivity index (χ2v) is 4.84. The highest BCUT2D eigenvalue weighted by atomic mass is 16.5. The van der Waals surface area contributed by atoms with E-state index in [0.29, 0.717) is 23.0 Å². The van der Waals surface area contributed by atoms with Crippen LogP contribution in [0.4, 0.5) is 11.5 Å². The van der Waals surface area contributed by atoms with Crippen molar-refractivity contribution in [3.63, 3.8) is 0 Å². The summed E-state index contributed by atoms with van der Waals surface area (Å²) in [6, 6.07) is 1.54. The van der Waals surface area contributed by atoms with Gasteiger partial charge in [0.15, 0.2) is 0 Å². The van der Waals surface area contributed by atoms with Crippen molar-refractivity contribution in [1.29, 1.82) is 0 Å². The molecule has 3 N–H and O–H groups in total. The normalized spacial score (nSPS) is 16.1. The monoisotopic (exact) mass is 249 g/mol. The molecule has 5 nitrogen and oxygen atoms in total. The first-order valence-electron chi connectivity index (χ1n) is 6.19. The zero-order chi connectivity index (χ0) is 13.1. The lowest BCUT2D eigenvalue weighted by Crippen LogP contribution is -2.16. The van der Waals surface area contributed by atoms with Crippen LogP contribution in [-0.2, 0) is 4.74 Å². The molecule has 0 bridgehead atoms. The Morgan fingerprint density at radius 1 is 1.67 bits per heavy atom. The number of nitrogens with two attached hydrogens (primary N) is 1. The highest BCUT2D eigenvalue weighted by molar-refractivity contribution is 5.96. The van der Waals surface area contributed by atoms with Crippen LogP contribution in [-0.4, -0.2) is 24.6 Å². The Balaban J connectivity index is 2.08. The Hall–Kier alpha value is -1.78. The van der Waals surface area contributed by atoms with Gasteiger partial charge in [0.2, 0.25) is 0 Å². The number of anilines is 2. The van der Waals surface area contributed by atoms with Gasteiger partial charge >= 0.3 is 5.97 Å². The summed E-state index contributed by atoms with van der Waals surface area (Å²) in [5.74, 6) is 1.34. The van der Waals surface area contributed by atoms with Crippen LogP contribution in [0.3, 0.4) is 0 Å². The zero-order valence-electron chi connectivity index (χ0n) is 10.8. The molecule has 18 heavy (non-hydrogen) atoms. The quantitative estimate of drug-likeness (QED) is 0.779. The SMILES string of the molecule is COC(=O)c1cc(N)ncc1NCC(C)C1CC1. The fourth-order valence-electron chi connectivity index (χ4n) is 1.99. The van der Waals surface area contributed by atoms with Gasteiger partial charge in [-0.3, -0.25) is 0 Å². The summed E-state index contributed by atoms with van der Waals surface area (Å²) in [5.41, 5.74) is 6.71. The van der Waals surface area contributed by atoms with Gasteiger partial charge in [-0.2, -0.15) is 0 Å². The van der Waals surface area contributed by atoms with Crippen LogP contribution in [0.15, 0.2) is 12.3 Å². The highest BCUT2D eigenvalue weighted by Gasteiger charge is 2.27. The topological polar surface area (TPSA) is 77.2 Å². The number of ether oxygens (including phenoxy) is 1. The Morgan fingerprint density at radius 2 is 2.39 bits per heavy atom. The average molecular weight is 249 g/mol. The van der Waals surface area contributed by atoms with Crippen molar-refractivity contribution in [3.8, 4) is 0 Å². The maximum absolute atomic E-state index is 11.6. The maximum Gasteiger partial charge on any atom is 0.340 e. The van der Waals surface area contributed by atoms with Crippen molar-refractivity contribution in [3.05, 3.63) is 17.8 Å². The number of hydrogen-bond acceptors (Lipinski definition) is 5. The Bertz CT molecular complexity index is 444. The summed E-state index contributed by atoms with van der Waals surface area (Å²) in [4.78, 5) is 15.6. The van der Waals surface area contributed by atoms with Gasteiger partial charge in [0.25, 0.3) is 0 Å². The molecule has 2 rings (SSSR count). The van der Waals surface area contributed by atoms with E-state index in [1.165, 1.54) is 26.0 Å². The van der Waals surface area contributed by atoms with E-state index in [1.54, 1.807) is 6.20 Å². The molecule has 1 atom stereocenters. The predicted molar refractivity (Wildman–Crippen MR) is 70.4 cm³/mol. The first-order chi connectivity index (χ1) is 8.61. The minimum atomic E-state index is -0.398. The molecule has 5 heteroatoms. The number of nitrogen functional groups attached to an aromatic ring is 1. The molecule has 1 aliphatic carbocycles. The van der Waals surface area contributed by atoms with Crippen LogP contribution in [0.25, 0.3) is 0 Å². The molecule has 1 aromatic heterocycles. The van der Waals surface area contributed by atoms with Gasteiger partial charge in [0.1, 0.15) is 5.82 Å². The van der Waals surface area contributed by atoms with Gasteiger partial charge in [0.05, 0.1) is 24.6 Å². The standard InChI is InChI=1S/C13H19N3O2/c1-8(9-3-4-9)6-15-11-7-16-12(14)5-10(11)13(17)18-2/h5,7-9,15H,3-4,6H2,1-2H3,(H2,14,16). The Morgan fingerprint density at radius 3 is 3.00 bits per heavy atom. The summed E-state index contributed by atoms with van der Waals surface area (Å²) >= 11 is 0. The second-order valence-electron chi connectivity index (χ2n) is 4.84. The zero-order valence-corrected chi connectivity index (χ0v) is 10.8. The Kier molecular flexibility index (Phi) is 3.69. The molecule has 98 valence electrons. The fourth-order valence-corrected chi connectivity index (χ4v) is 1.99. The maximum atomic E-state index is 11.6. The minimum absolute atomic E-state index is 0.316. The number of carbonyl (C=O) groups excluding carboxylic acids is 1. The van der Waals surface area contributed by atoms with Crippen molar-refractivity contribution in [2.75, 3.05) is 24.7 Å².